The lowest BCUT2D eigenvalue weighted by molar-refractivity contribution is -0.236. The summed E-state index contributed by atoms with van der Waals surface area (Å²) in [4.78, 5) is 27.0. The molecular formula is C13H27N3O4S2. The number of amides is 1. The minimum atomic E-state index is -1.00. The Morgan fingerprint density at radius 3 is 2.00 bits per heavy atom. The molecule has 130 valence electrons. The van der Waals surface area contributed by atoms with Gasteiger partial charge in [-0.1, -0.05) is 28.5 Å². The molecule has 2 atom stereocenters. The van der Waals surface area contributed by atoms with E-state index in [0.717, 1.165) is 6.42 Å². The van der Waals surface area contributed by atoms with Gasteiger partial charge in [-0.15, -0.1) is 0 Å². The molecule has 0 aromatic carbocycles. The Balaban J connectivity index is 4.71. The Labute approximate surface area is 139 Å². The third-order valence-corrected chi connectivity index (χ3v) is 7.42. The van der Waals surface area contributed by atoms with E-state index in [-0.39, 0.29) is 5.91 Å². The van der Waals surface area contributed by atoms with Crippen LogP contribution >= 0.6 is 21.6 Å². The van der Waals surface area contributed by atoms with Crippen LogP contribution in [0, 0.1) is 0 Å². The second-order valence-corrected chi connectivity index (χ2v) is 9.47. The van der Waals surface area contributed by atoms with Gasteiger partial charge in [0.1, 0.15) is 6.04 Å². The highest BCUT2D eigenvalue weighted by Gasteiger charge is 2.39. The van der Waals surface area contributed by atoms with Gasteiger partial charge in [0, 0.05) is 16.0 Å². The molecule has 0 aliphatic heterocycles. The molecule has 0 radical (unpaired) electrons. The summed E-state index contributed by atoms with van der Waals surface area (Å²) < 4.78 is -1.27. The number of hydrogen-bond acceptors (Lipinski definition) is 8. The normalized spacial score (nSPS) is 15.1. The van der Waals surface area contributed by atoms with Crippen molar-refractivity contribution < 1.29 is 19.7 Å². The van der Waals surface area contributed by atoms with Crippen molar-refractivity contribution in [3.8, 4) is 0 Å². The maximum Gasteiger partial charge on any atom is 0.360 e. The van der Waals surface area contributed by atoms with Gasteiger partial charge in [0.05, 0.1) is 6.04 Å². The number of rotatable bonds is 9. The Hall–Kier alpha value is -0.480. The predicted molar refractivity (Wildman–Crippen MR) is 91.3 cm³/mol. The maximum absolute atomic E-state index is 12.0. The van der Waals surface area contributed by atoms with Crippen LogP contribution in [0.3, 0.4) is 0 Å². The molecule has 0 spiro atoms. The number of nitrogens with two attached hydrogens (primary N) is 2. The molecule has 0 aromatic rings. The van der Waals surface area contributed by atoms with E-state index >= 15 is 0 Å². The standard InChI is InChI=1S/C13H27N3O4S2/c1-6-7-16-10(17)8(14)12(2,3)21-22-13(4,5)9(15)11(18)20-19/h8-9,19H,6-7,14-15H2,1-5H3,(H,16,17). The first-order chi connectivity index (χ1) is 9.99. The van der Waals surface area contributed by atoms with E-state index in [1.807, 2.05) is 20.8 Å². The topological polar surface area (TPSA) is 128 Å². The van der Waals surface area contributed by atoms with Crippen LogP contribution in [0.25, 0.3) is 0 Å². The van der Waals surface area contributed by atoms with Crippen molar-refractivity contribution in [1.82, 2.24) is 5.32 Å². The Bertz CT molecular complexity index is 391. The molecule has 0 saturated carbocycles. The Morgan fingerprint density at radius 2 is 1.59 bits per heavy atom. The smallest absolute Gasteiger partial charge is 0.355 e. The lowest BCUT2D eigenvalue weighted by Crippen LogP contribution is -2.52. The molecule has 0 fully saturated rings. The summed E-state index contributed by atoms with van der Waals surface area (Å²) in [5.74, 6) is -1.11. The van der Waals surface area contributed by atoms with Gasteiger partial charge in [0.15, 0.2) is 0 Å². The minimum absolute atomic E-state index is 0.211. The zero-order valence-corrected chi connectivity index (χ0v) is 15.3. The molecule has 0 aliphatic carbocycles. The van der Waals surface area contributed by atoms with Crippen LogP contribution in [0.1, 0.15) is 41.0 Å². The number of carbonyl (C=O) groups excluding carboxylic acids is 2. The van der Waals surface area contributed by atoms with Crippen molar-refractivity contribution in [1.29, 1.82) is 0 Å². The molecule has 0 rings (SSSR count). The first-order valence-corrected chi connectivity index (χ1v) is 9.15. The second-order valence-electron chi connectivity index (χ2n) is 6.03. The Kier molecular flexibility index (Phi) is 8.78. The van der Waals surface area contributed by atoms with Crippen molar-refractivity contribution in [3.05, 3.63) is 0 Å². The van der Waals surface area contributed by atoms with Crippen LogP contribution in [-0.2, 0) is 14.5 Å². The van der Waals surface area contributed by atoms with E-state index in [2.05, 4.69) is 10.2 Å². The molecule has 0 saturated heterocycles. The van der Waals surface area contributed by atoms with Gasteiger partial charge in [-0.2, -0.15) is 5.26 Å². The van der Waals surface area contributed by atoms with E-state index in [0.29, 0.717) is 6.54 Å². The van der Waals surface area contributed by atoms with Crippen molar-refractivity contribution in [2.24, 2.45) is 11.5 Å². The lowest BCUT2D eigenvalue weighted by Gasteiger charge is -2.34. The SMILES string of the molecule is CCCNC(=O)C(N)C(C)(C)SSC(C)(C)C(N)C(=O)OO. The molecule has 6 N–H and O–H groups in total. The number of nitrogens with one attached hydrogen (secondary N) is 1. The van der Waals surface area contributed by atoms with Crippen LogP contribution in [0.4, 0.5) is 0 Å². The van der Waals surface area contributed by atoms with Gasteiger partial charge in [-0.05, 0) is 34.1 Å². The molecule has 0 bridgehead atoms. The average molecular weight is 354 g/mol. The van der Waals surface area contributed by atoms with E-state index in [9.17, 15) is 9.59 Å². The Morgan fingerprint density at radius 1 is 1.14 bits per heavy atom. The van der Waals surface area contributed by atoms with E-state index in [1.54, 1.807) is 13.8 Å². The number of carbonyl (C=O) groups is 2. The molecule has 0 aliphatic rings. The summed E-state index contributed by atoms with van der Waals surface area (Å²) in [5.41, 5.74) is 11.8. The third kappa shape index (κ3) is 6.33. The predicted octanol–water partition coefficient (Wildman–Crippen LogP) is 1.12. The first kappa shape index (κ1) is 21.5. The molecule has 0 heterocycles. The van der Waals surface area contributed by atoms with Crippen molar-refractivity contribution in [3.63, 3.8) is 0 Å². The lowest BCUT2D eigenvalue weighted by atomic mass is 10.0. The van der Waals surface area contributed by atoms with E-state index in [4.69, 9.17) is 16.7 Å². The van der Waals surface area contributed by atoms with Gasteiger partial charge < -0.3 is 16.8 Å². The fraction of sp³-hybridized carbons (Fsp3) is 0.846. The van der Waals surface area contributed by atoms with Crippen LogP contribution in [-0.4, -0.2) is 45.3 Å². The van der Waals surface area contributed by atoms with Crippen molar-refractivity contribution in [2.75, 3.05) is 6.54 Å². The van der Waals surface area contributed by atoms with Gasteiger partial charge >= 0.3 is 5.97 Å². The summed E-state index contributed by atoms with van der Waals surface area (Å²) in [6, 6.07) is -1.70. The van der Waals surface area contributed by atoms with Gasteiger partial charge in [-0.25, -0.2) is 4.79 Å². The first-order valence-electron chi connectivity index (χ1n) is 7.00. The van der Waals surface area contributed by atoms with Gasteiger partial charge in [0.2, 0.25) is 5.91 Å². The molecule has 7 nitrogen and oxygen atoms in total. The molecule has 9 heteroatoms. The monoisotopic (exact) mass is 353 g/mol. The van der Waals surface area contributed by atoms with Crippen molar-refractivity contribution in [2.45, 2.75) is 62.6 Å². The highest BCUT2D eigenvalue weighted by atomic mass is 33.1. The summed E-state index contributed by atoms with van der Waals surface area (Å²) in [6.45, 7) is 9.76. The second kappa shape index (κ2) is 8.97. The van der Waals surface area contributed by atoms with Crippen LogP contribution in [0.15, 0.2) is 0 Å². The summed E-state index contributed by atoms with van der Waals surface area (Å²) in [6.07, 6.45) is 0.839. The third-order valence-electron chi connectivity index (χ3n) is 3.14. The summed E-state index contributed by atoms with van der Waals surface area (Å²) in [7, 11) is 2.70. The van der Waals surface area contributed by atoms with Crippen LogP contribution < -0.4 is 16.8 Å². The fourth-order valence-electron chi connectivity index (χ4n) is 1.33. The maximum atomic E-state index is 12.0. The van der Waals surface area contributed by atoms with Crippen molar-refractivity contribution >= 4 is 33.5 Å². The highest BCUT2D eigenvalue weighted by molar-refractivity contribution is 8.77. The molecule has 1 amide bonds. The van der Waals surface area contributed by atoms with Gasteiger partial charge in [-0.3, -0.25) is 9.68 Å². The summed E-state index contributed by atoms with van der Waals surface area (Å²) >= 11 is 0. The molecule has 0 aromatic heterocycles. The van der Waals surface area contributed by atoms with E-state index in [1.165, 1.54) is 21.6 Å². The minimum Gasteiger partial charge on any atom is -0.355 e. The quantitative estimate of drug-likeness (QED) is 0.276. The fourth-order valence-corrected chi connectivity index (χ4v) is 4.08. The molecule has 22 heavy (non-hydrogen) atoms. The molecular weight excluding hydrogens is 326 g/mol. The van der Waals surface area contributed by atoms with Crippen LogP contribution in [0.2, 0.25) is 0 Å². The number of hydrogen-bond donors (Lipinski definition) is 4. The van der Waals surface area contributed by atoms with E-state index < -0.39 is 27.5 Å². The zero-order valence-electron chi connectivity index (χ0n) is 13.7. The summed E-state index contributed by atoms with van der Waals surface area (Å²) in [5, 5.41) is 11.2. The largest absolute Gasteiger partial charge is 0.360 e. The van der Waals surface area contributed by atoms with Gasteiger partial charge in [0.25, 0.3) is 0 Å². The zero-order chi connectivity index (χ0) is 17.6. The average Bonchev–Trinajstić information content (AvgIpc) is 2.48. The molecule has 2 unspecified atom stereocenters. The highest BCUT2D eigenvalue weighted by Crippen LogP contribution is 2.45. The van der Waals surface area contributed by atoms with Crippen LogP contribution in [0.5, 0.6) is 0 Å².